The molecule has 2 nitrogen and oxygen atoms in total. The summed E-state index contributed by atoms with van der Waals surface area (Å²) < 4.78 is 0. The van der Waals surface area contributed by atoms with Crippen LogP contribution in [0.25, 0.3) is 0 Å². The van der Waals surface area contributed by atoms with E-state index in [9.17, 15) is 5.26 Å². The van der Waals surface area contributed by atoms with Gasteiger partial charge in [0.15, 0.2) is 0 Å². The number of hydrogen-bond acceptors (Lipinski definition) is 2. The van der Waals surface area contributed by atoms with Crippen LogP contribution in [-0.2, 0) is 5.41 Å². The first kappa shape index (κ1) is 14.1. The van der Waals surface area contributed by atoms with Crippen LogP contribution in [-0.4, -0.2) is 23.5 Å². The molecule has 0 unspecified atom stereocenters. The highest BCUT2D eigenvalue weighted by Gasteiger charge is 2.38. The molecule has 102 valence electrons. The second-order valence-corrected chi connectivity index (χ2v) is 6.64. The van der Waals surface area contributed by atoms with Gasteiger partial charge < -0.3 is 0 Å². The maximum absolute atomic E-state index is 9.21. The average molecular weight is 256 g/mol. The molecule has 1 saturated heterocycles. The summed E-state index contributed by atoms with van der Waals surface area (Å²) in [5.41, 5.74) is 1.64. The van der Waals surface area contributed by atoms with Gasteiger partial charge in [0.1, 0.15) is 0 Å². The highest BCUT2D eigenvalue weighted by molar-refractivity contribution is 5.27. The van der Waals surface area contributed by atoms with Gasteiger partial charge in [0, 0.05) is 17.4 Å². The molecule has 0 aliphatic carbocycles. The first-order valence-electron chi connectivity index (χ1n) is 7.15. The summed E-state index contributed by atoms with van der Waals surface area (Å²) in [6.07, 6.45) is 2.80. The Bertz CT molecular complexity index is 442. The molecule has 1 aliphatic rings. The summed E-state index contributed by atoms with van der Waals surface area (Å²) in [5, 5.41) is 9.21. The fourth-order valence-corrected chi connectivity index (χ4v) is 3.12. The highest BCUT2D eigenvalue weighted by atomic mass is 15.2. The third-order valence-electron chi connectivity index (χ3n) is 4.47. The number of benzene rings is 1. The Kier molecular flexibility index (Phi) is 3.96. The van der Waals surface area contributed by atoms with Crippen LogP contribution in [0, 0.1) is 11.3 Å². The lowest BCUT2D eigenvalue weighted by atomic mass is 9.70. The first-order chi connectivity index (χ1) is 8.98. The highest BCUT2D eigenvalue weighted by Crippen LogP contribution is 2.39. The third kappa shape index (κ3) is 2.98. The number of hydrogen-bond donors (Lipinski definition) is 0. The van der Waals surface area contributed by atoms with E-state index < -0.39 is 0 Å². The summed E-state index contributed by atoms with van der Waals surface area (Å²) in [4.78, 5) is 2.53. The standard InChI is InChI=1S/C17H24N2/c1-16(2,3)19-13-10-17(9-12-18,11-14-19)15-7-5-4-6-8-15/h4-8H,9-11,13-14H2,1-3H3. The molecule has 1 aromatic rings. The number of likely N-dealkylation sites (tertiary alicyclic amines) is 1. The van der Waals surface area contributed by atoms with Gasteiger partial charge in [0.2, 0.25) is 0 Å². The van der Waals surface area contributed by atoms with Crippen LogP contribution in [0.5, 0.6) is 0 Å². The van der Waals surface area contributed by atoms with Gasteiger partial charge in [0.05, 0.1) is 6.07 Å². The van der Waals surface area contributed by atoms with E-state index in [1.54, 1.807) is 0 Å². The lowest BCUT2D eigenvalue weighted by Gasteiger charge is -2.46. The normalized spacial score (nSPS) is 19.9. The smallest absolute Gasteiger partial charge is 0.0631 e. The van der Waals surface area contributed by atoms with Gasteiger partial charge in [-0.3, -0.25) is 4.90 Å². The van der Waals surface area contributed by atoms with Gasteiger partial charge in [-0.1, -0.05) is 30.3 Å². The molecular formula is C17H24N2. The molecule has 0 spiro atoms. The first-order valence-corrected chi connectivity index (χ1v) is 7.15. The number of piperidine rings is 1. The van der Waals surface area contributed by atoms with Crippen LogP contribution >= 0.6 is 0 Å². The number of nitriles is 1. The quantitative estimate of drug-likeness (QED) is 0.806. The predicted octanol–water partition coefficient (Wildman–Crippen LogP) is 3.73. The van der Waals surface area contributed by atoms with Crippen molar-refractivity contribution in [3.05, 3.63) is 35.9 Å². The monoisotopic (exact) mass is 256 g/mol. The van der Waals surface area contributed by atoms with Crippen molar-refractivity contribution in [3.8, 4) is 6.07 Å². The molecule has 0 bridgehead atoms. The van der Waals surface area contributed by atoms with Crippen molar-refractivity contribution >= 4 is 0 Å². The average Bonchev–Trinajstić information content (AvgIpc) is 2.39. The van der Waals surface area contributed by atoms with Crippen LogP contribution in [0.2, 0.25) is 0 Å². The topological polar surface area (TPSA) is 27.0 Å². The molecule has 2 rings (SSSR count). The zero-order valence-corrected chi connectivity index (χ0v) is 12.3. The minimum absolute atomic E-state index is 0.0672. The molecule has 2 heteroatoms. The van der Waals surface area contributed by atoms with Gasteiger partial charge in [-0.2, -0.15) is 5.26 Å². The van der Waals surface area contributed by atoms with Crippen LogP contribution in [0.1, 0.15) is 45.6 Å². The molecule has 1 fully saturated rings. The van der Waals surface area contributed by atoms with E-state index >= 15 is 0 Å². The molecule has 1 heterocycles. The van der Waals surface area contributed by atoms with Crippen molar-refractivity contribution in [1.82, 2.24) is 4.90 Å². The molecule has 0 amide bonds. The van der Waals surface area contributed by atoms with Crippen molar-refractivity contribution in [2.24, 2.45) is 0 Å². The summed E-state index contributed by atoms with van der Waals surface area (Å²) in [6, 6.07) is 13.0. The molecule has 0 atom stereocenters. The van der Waals surface area contributed by atoms with Crippen LogP contribution in [0.15, 0.2) is 30.3 Å². The van der Waals surface area contributed by atoms with Gasteiger partial charge in [0.25, 0.3) is 0 Å². The lowest BCUT2D eigenvalue weighted by Crippen LogP contribution is -2.50. The van der Waals surface area contributed by atoms with Crippen LogP contribution in [0.3, 0.4) is 0 Å². The second-order valence-electron chi connectivity index (χ2n) is 6.64. The van der Waals surface area contributed by atoms with Gasteiger partial charge >= 0.3 is 0 Å². The van der Waals surface area contributed by atoms with E-state index in [-0.39, 0.29) is 11.0 Å². The van der Waals surface area contributed by atoms with Crippen LogP contribution < -0.4 is 0 Å². The van der Waals surface area contributed by atoms with Crippen molar-refractivity contribution in [3.63, 3.8) is 0 Å². The minimum atomic E-state index is 0.0672. The summed E-state index contributed by atoms with van der Waals surface area (Å²) in [7, 11) is 0. The zero-order valence-electron chi connectivity index (χ0n) is 12.3. The fraction of sp³-hybridized carbons (Fsp3) is 0.588. The van der Waals surface area contributed by atoms with Crippen molar-refractivity contribution in [2.75, 3.05) is 13.1 Å². The third-order valence-corrected chi connectivity index (χ3v) is 4.47. The largest absolute Gasteiger partial charge is 0.298 e. The van der Waals surface area contributed by atoms with Crippen molar-refractivity contribution in [1.29, 1.82) is 5.26 Å². The number of nitrogens with zero attached hydrogens (tertiary/aromatic N) is 2. The Morgan fingerprint density at radius 2 is 1.74 bits per heavy atom. The molecule has 0 saturated carbocycles. The Hall–Kier alpha value is -1.33. The van der Waals surface area contributed by atoms with Gasteiger partial charge in [-0.25, -0.2) is 0 Å². The molecule has 19 heavy (non-hydrogen) atoms. The Balaban J connectivity index is 2.19. The maximum Gasteiger partial charge on any atom is 0.0631 e. The molecule has 1 aliphatic heterocycles. The molecule has 1 aromatic carbocycles. The summed E-state index contributed by atoms with van der Waals surface area (Å²) in [6.45, 7) is 8.98. The van der Waals surface area contributed by atoms with E-state index in [4.69, 9.17) is 0 Å². The Morgan fingerprint density at radius 3 is 2.21 bits per heavy atom. The van der Waals surface area contributed by atoms with Crippen molar-refractivity contribution in [2.45, 2.75) is 51.0 Å². The van der Waals surface area contributed by atoms with Gasteiger partial charge in [-0.05, 0) is 52.3 Å². The number of rotatable bonds is 2. The predicted molar refractivity (Wildman–Crippen MR) is 78.9 cm³/mol. The lowest BCUT2D eigenvalue weighted by molar-refractivity contribution is 0.0752. The fourth-order valence-electron chi connectivity index (χ4n) is 3.12. The molecule has 0 aromatic heterocycles. The second kappa shape index (κ2) is 5.35. The summed E-state index contributed by atoms with van der Waals surface area (Å²) in [5.74, 6) is 0. The SMILES string of the molecule is CC(C)(C)N1CCC(CC#N)(c2ccccc2)CC1. The van der Waals surface area contributed by atoms with E-state index in [1.165, 1.54) is 5.56 Å². The van der Waals surface area contributed by atoms with Crippen LogP contribution in [0.4, 0.5) is 0 Å². The molecular weight excluding hydrogens is 232 g/mol. The zero-order chi connectivity index (χ0) is 13.9. The maximum atomic E-state index is 9.21. The Labute approximate surface area is 117 Å². The van der Waals surface area contributed by atoms with Gasteiger partial charge in [-0.15, -0.1) is 0 Å². The Morgan fingerprint density at radius 1 is 1.16 bits per heavy atom. The summed E-state index contributed by atoms with van der Waals surface area (Å²) >= 11 is 0. The van der Waals surface area contributed by atoms with E-state index in [0.29, 0.717) is 6.42 Å². The molecule has 0 radical (unpaired) electrons. The van der Waals surface area contributed by atoms with Crippen molar-refractivity contribution < 1.29 is 0 Å². The molecule has 0 N–H and O–H groups in total. The van der Waals surface area contributed by atoms with E-state index in [2.05, 4.69) is 56.0 Å². The minimum Gasteiger partial charge on any atom is -0.298 e. The van der Waals surface area contributed by atoms with E-state index in [1.807, 2.05) is 6.07 Å². The van der Waals surface area contributed by atoms with E-state index in [0.717, 1.165) is 25.9 Å².